The first-order chi connectivity index (χ1) is 7.30. The summed E-state index contributed by atoms with van der Waals surface area (Å²) in [5, 5.41) is 6.05. The molecule has 0 bridgehead atoms. The van der Waals surface area contributed by atoms with Crippen LogP contribution in [0.2, 0.25) is 0 Å². The van der Waals surface area contributed by atoms with Crippen LogP contribution in [0.15, 0.2) is 12.4 Å². The Kier molecular flexibility index (Phi) is 1.68. The fourth-order valence-electron chi connectivity index (χ4n) is 2.36. The number of nitrogens with zero attached hydrogens (tertiary/aromatic N) is 2. The van der Waals surface area contributed by atoms with Gasteiger partial charge >= 0.3 is 0 Å². The lowest BCUT2D eigenvalue weighted by Gasteiger charge is -2.33. The number of carbonyl (C=O) groups excluding carboxylic acids is 1. The van der Waals surface area contributed by atoms with Gasteiger partial charge in [0.1, 0.15) is 5.54 Å². The van der Waals surface area contributed by atoms with Gasteiger partial charge in [-0.15, -0.1) is 0 Å². The summed E-state index contributed by atoms with van der Waals surface area (Å²) in [5.74, 6) is 1.27. The van der Waals surface area contributed by atoms with Crippen molar-refractivity contribution in [1.82, 2.24) is 9.97 Å². The monoisotopic (exact) mass is 204 g/mol. The average Bonchev–Trinajstić information content (AvgIpc) is 2.70. The van der Waals surface area contributed by atoms with E-state index >= 15 is 0 Å². The first-order valence-corrected chi connectivity index (χ1v) is 5.21. The van der Waals surface area contributed by atoms with Gasteiger partial charge < -0.3 is 10.6 Å². The highest BCUT2D eigenvalue weighted by atomic mass is 16.2. The second kappa shape index (κ2) is 2.92. The zero-order valence-corrected chi connectivity index (χ0v) is 8.29. The molecular formula is C10H12N4O. The standard InChI is InChI=1S/C10H12N4O/c15-9-10(3-1-2-4-10)14-8-7(13-9)11-5-6-12-8/h5-6H,1-4H2,(H,12,14)(H,11,13,15). The third-order valence-electron chi connectivity index (χ3n) is 3.18. The molecule has 2 heterocycles. The minimum absolute atomic E-state index is 0.0352. The summed E-state index contributed by atoms with van der Waals surface area (Å²) in [4.78, 5) is 20.2. The van der Waals surface area contributed by atoms with E-state index in [1.807, 2.05) is 0 Å². The van der Waals surface area contributed by atoms with Crippen molar-refractivity contribution in [3.8, 4) is 0 Å². The lowest BCUT2D eigenvalue weighted by atomic mass is 9.95. The fourth-order valence-corrected chi connectivity index (χ4v) is 2.36. The topological polar surface area (TPSA) is 66.9 Å². The van der Waals surface area contributed by atoms with E-state index < -0.39 is 5.54 Å². The van der Waals surface area contributed by atoms with Gasteiger partial charge in [0.25, 0.3) is 5.91 Å². The number of hydrogen-bond donors (Lipinski definition) is 2. The first kappa shape index (κ1) is 8.64. The third kappa shape index (κ3) is 1.19. The second-order valence-electron chi connectivity index (χ2n) is 4.12. The van der Waals surface area contributed by atoms with Crippen molar-refractivity contribution >= 4 is 17.5 Å². The predicted molar refractivity (Wildman–Crippen MR) is 55.5 cm³/mol. The predicted octanol–water partition coefficient (Wildman–Crippen LogP) is 1.15. The number of hydrogen-bond acceptors (Lipinski definition) is 4. The Morgan fingerprint density at radius 1 is 1.13 bits per heavy atom. The molecule has 0 atom stereocenters. The van der Waals surface area contributed by atoms with Crippen LogP contribution in [0.5, 0.6) is 0 Å². The van der Waals surface area contributed by atoms with E-state index in [-0.39, 0.29) is 5.91 Å². The average molecular weight is 204 g/mol. The molecule has 0 saturated heterocycles. The molecule has 1 amide bonds. The molecule has 1 aromatic rings. The molecular weight excluding hydrogens is 192 g/mol. The lowest BCUT2D eigenvalue weighted by Crippen LogP contribution is -2.50. The van der Waals surface area contributed by atoms with Crippen molar-refractivity contribution in [2.24, 2.45) is 0 Å². The first-order valence-electron chi connectivity index (χ1n) is 5.21. The lowest BCUT2D eigenvalue weighted by molar-refractivity contribution is -0.120. The van der Waals surface area contributed by atoms with Gasteiger partial charge in [-0.3, -0.25) is 4.79 Å². The number of amides is 1. The molecule has 5 nitrogen and oxygen atoms in total. The Bertz CT molecular complexity index is 412. The van der Waals surface area contributed by atoms with Crippen LogP contribution in [0, 0.1) is 0 Å². The fraction of sp³-hybridized carbons (Fsp3) is 0.500. The maximum atomic E-state index is 11.9. The van der Waals surface area contributed by atoms with Crippen molar-refractivity contribution in [3.05, 3.63) is 12.4 Å². The van der Waals surface area contributed by atoms with Crippen molar-refractivity contribution in [3.63, 3.8) is 0 Å². The molecule has 15 heavy (non-hydrogen) atoms. The summed E-state index contributed by atoms with van der Waals surface area (Å²) < 4.78 is 0. The SMILES string of the molecule is O=C1Nc2nccnc2NC12CCCC2. The van der Waals surface area contributed by atoms with Gasteiger partial charge in [0.2, 0.25) is 0 Å². The maximum Gasteiger partial charge on any atom is 0.251 e. The minimum atomic E-state index is -0.428. The number of aromatic nitrogens is 2. The zero-order chi connectivity index (χ0) is 10.3. The summed E-state index contributed by atoms with van der Waals surface area (Å²) >= 11 is 0. The second-order valence-corrected chi connectivity index (χ2v) is 4.12. The quantitative estimate of drug-likeness (QED) is 0.665. The molecule has 1 spiro atoms. The van der Waals surface area contributed by atoms with Crippen LogP contribution in [-0.4, -0.2) is 21.4 Å². The van der Waals surface area contributed by atoms with E-state index in [2.05, 4.69) is 20.6 Å². The summed E-state index contributed by atoms with van der Waals surface area (Å²) in [5.41, 5.74) is -0.428. The Labute approximate surface area is 87.3 Å². The van der Waals surface area contributed by atoms with Gasteiger partial charge in [0.15, 0.2) is 11.6 Å². The molecule has 3 rings (SSSR count). The van der Waals surface area contributed by atoms with E-state index in [0.717, 1.165) is 25.7 Å². The van der Waals surface area contributed by atoms with Crippen LogP contribution in [0.3, 0.4) is 0 Å². The van der Waals surface area contributed by atoms with E-state index in [9.17, 15) is 4.79 Å². The molecule has 2 N–H and O–H groups in total. The molecule has 1 fully saturated rings. The highest BCUT2D eigenvalue weighted by Gasteiger charge is 2.44. The normalized spacial score (nSPS) is 22.0. The van der Waals surface area contributed by atoms with Crippen molar-refractivity contribution in [2.75, 3.05) is 10.6 Å². The minimum Gasteiger partial charge on any atom is -0.353 e. The van der Waals surface area contributed by atoms with Gasteiger partial charge in [-0.25, -0.2) is 9.97 Å². The molecule has 78 valence electrons. The Morgan fingerprint density at radius 3 is 2.53 bits per heavy atom. The maximum absolute atomic E-state index is 11.9. The summed E-state index contributed by atoms with van der Waals surface area (Å²) in [6, 6.07) is 0. The number of carbonyl (C=O) groups is 1. The highest BCUT2D eigenvalue weighted by Crippen LogP contribution is 2.37. The number of nitrogens with one attached hydrogen (secondary N) is 2. The van der Waals surface area contributed by atoms with Crippen molar-refractivity contribution in [2.45, 2.75) is 31.2 Å². The molecule has 0 radical (unpaired) electrons. The van der Waals surface area contributed by atoms with E-state index in [1.165, 1.54) is 0 Å². The molecule has 5 heteroatoms. The Morgan fingerprint density at radius 2 is 1.80 bits per heavy atom. The van der Waals surface area contributed by atoms with E-state index in [0.29, 0.717) is 11.6 Å². The zero-order valence-electron chi connectivity index (χ0n) is 8.29. The number of fused-ring (bicyclic) bond motifs is 1. The van der Waals surface area contributed by atoms with Crippen LogP contribution in [0.25, 0.3) is 0 Å². The van der Waals surface area contributed by atoms with Crippen molar-refractivity contribution < 1.29 is 4.79 Å². The molecule has 1 aromatic heterocycles. The smallest absolute Gasteiger partial charge is 0.251 e. The number of rotatable bonds is 0. The molecule has 0 unspecified atom stereocenters. The Balaban J connectivity index is 2.02. The van der Waals surface area contributed by atoms with Crippen LogP contribution >= 0.6 is 0 Å². The molecule has 1 aliphatic heterocycles. The summed E-state index contributed by atoms with van der Waals surface area (Å²) in [7, 11) is 0. The van der Waals surface area contributed by atoms with Gasteiger partial charge in [0.05, 0.1) is 0 Å². The van der Waals surface area contributed by atoms with Crippen LogP contribution in [-0.2, 0) is 4.79 Å². The molecule has 1 saturated carbocycles. The summed E-state index contributed by atoms with van der Waals surface area (Å²) in [6.07, 6.45) is 7.16. The Hall–Kier alpha value is -1.65. The van der Waals surface area contributed by atoms with Crippen LogP contribution in [0.4, 0.5) is 11.6 Å². The van der Waals surface area contributed by atoms with Gasteiger partial charge in [-0.1, -0.05) is 12.8 Å². The highest BCUT2D eigenvalue weighted by molar-refractivity contribution is 6.04. The third-order valence-corrected chi connectivity index (χ3v) is 3.18. The van der Waals surface area contributed by atoms with Crippen molar-refractivity contribution in [1.29, 1.82) is 0 Å². The summed E-state index contributed by atoms with van der Waals surface area (Å²) in [6.45, 7) is 0. The van der Waals surface area contributed by atoms with Crippen LogP contribution in [0.1, 0.15) is 25.7 Å². The molecule has 2 aliphatic rings. The van der Waals surface area contributed by atoms with E-state index in [1.54, 1.807) is 12.4 Å². The largest absolute Gasteiger partial charge is 0.353 e. The molecule has 0 aromatic carbocycles. The van der Waals surface area contributed by atoms with Gasteiger partial charge in [0, 0.05) is 12.4 Å². The number of anilines is 2. The van der Waals surface area contributed by atoms with Gasteiger partial charge in [-0.05, 0) is 12.8 Å². The van der Waals surface area contributed by atoms with Gasteiger partial charge in [-0.2, -0.15) is 0 Å². The van der Waals surface area contributed by atoms with E-state index in [4.69, 9.17) is 0 Å². The van der Waals surface area contributed by atoms with Crippen LogP contribution < -0.4 is 10.6 Å². The molecule has 1 aliphatic carbocycles.